The van der Waals surface area contributed by atoms with Crippen molar-refractivity contribution in [2.45, 2.75) is 13.1 Å². The number of alkyl halides is 3. The summed E-state index contributed by atoms with van der Waals surface area (Å²) in [6, 6.07) is 2.04. The standard InChI is InChI=1S/C10H11F3N2O2/c1-2-17-9(16)6-15-8-4-3-7(5-14-8)10(11,12)13/h3-5H,2,6H2,1H3,(H,14,15). The van der Waals surface area contributed by atoms with Gasteiger partial charge in [0.05, 0.1) is 12.2 Å². The second-order valence-corrected chi connectivity index (χ2v) is 3.09. The molecule has 17 heavy (non-hydrogen) atoms. The molecule has 1 heterocycles. The number of halogens is 3. The van der Waals surface area contributed by atoms with Crippen molar-refractivity contribution in [3.05, 3.63) is 23.9 Å². The highest BCUT2D eigenvalue weighted by Crippen LogP contribution is 2.28. The summed E-state index contributed by atoms with van der Waals surface area (Å²) in [4.78, 5) is 14.5. The molecule has 1 aromatic rings. The first-order valence-electron chi connectivity index (χ1n) is 4.86. The minimum Gasteiger partial charge on any atom is -0.465 e. The number of anilines is 1. The molecule has 0 unspecified atom stereocenters. The van der Waals surface area contributed by atoms with Gasteiger partial charge in [-0.3, -0.25) is 4.79 Å². The third-order valence-corrected chi connectivity index (χ3v) is 1.81. The van der Waals surface area contributed by atoms with E-state index < -0.39 is 17.7 Å². The van der Waals surface area contributed by atoms with Crippen LogP contribution in [0.2, 0.25) is 0 Å². The van der Waals surface area contributed by atoms with Gasteiger partial charge in [0.1, 0.15) is 12.4 Å². The Morgan fingerprint density at radius 2 is 2.18 bits per heavy atom. The van der Waals surface area contributed by atoms with Gasteiger partial charge in [-0.2, -0.15) is 13.2 Å². The van der Waals surface area contributed by atoms with Crippen LogP contribution in [0, 0.1) is 0 Å². The van der Waals surface area contributed by atoms with Gasteiger partial charge >= 0.3 is 12.1 Å². The molecule has 0 aliphatic heterocycles. The van der Waals surface area contributed by atoms with E-state index in [0.29, 0.717) is 6.20 Å². The molecule has 0 aromatic carbocycles. The monoisotopic (exact) mass is 248 g/mol. The molecule has 0 spiro atoms. The summed E-state index contributed by atoms with van der Waals surface area (Å²) in [6.07, 6.45) is -3.71. The zero-order valence-electron chi connectivity index (χ0n) is 9.04. The number of carbonyl (C=O) groups is 1. The highest BCUT2D eigenvalue weighted by atomic mass is 19.4. The minimum atomic E-state index is -4.41. The molecule has 1 rings (SSSR count). The quantitative estimate of drug-likeness (QED) is 0.829. The molecule has 1 aromatic heterocycles. The Kier molecular flexibility index (Phi) is 4.30. The molecule has 7 heteroatoms. The molecule has 94 valence electrons. The molecule has 0 fully saturated rings. The highest BCUT2D eigenvalue weighted by Gasteiger charge is 2.30. The van der Waals surface area contributed by atoms with E-state index in [-0.39, 0.29) is 19.0 Å². The van der Waals surface area contributed by atoms with Crippen molar-refractivity contribution in [3.8, 4) is 0 Å². The van der Waals surface area contributed by atoms with Crippen molar-refractivity contribution in [2.24, 2.45) is 0 Å². The van der Waals surface area contributed by atoms with Crippen LogP contribution in [-0.2, 0) is 15.7 Å². The molecule has 0 amide bonds. The highest BCUT2D eigenvalue weighted by molar-refractivity contribution is 5.74. The van der Waals surface area contributed by atoms with Crippen LogP contribution in [0.15, 0.2) is 18.3 Å². The number of aromatic nitrogens is 1. The van der Waals surface area contributed by atoms with Gasteiger partial charge < -0.3 is 10.1 Å². The number of hydrogen-bond donors (Lipinski definition) is 1. The maximum atomic E-state index is 12.2. The largest absolute Gasteiger partial charge is 0.465 e. The first-order valence-corrected chi connectivity index (χ1v) is 4.86. The Morgan fingerprint density at radius 1 is 1.47 bits per heavy atom. The SMILES string of the molecule is CCOC(=O)CNc1ccc(C(F)(F)F)cn1. The Labute approximate surface area is 95.8 Å². The van der Waals surface area contributed by atoms with Gasteiger partial charge in [-0.15, -0.1) is 0 Å². The summed E-state index contributed by atoms with van der Waals surface area (Å²) < 4.78 is 41.2. The first kappa shape index (κ1) is 13.3. The number of nitrogens with zero attached hydrogens (tertiary/aromatic N) is 1. The molecule has 0 radical (unpaired) electrons. The zero-order chi connectivity index (χ0) is 12.9. The Morgan fingerprint density at radius 3 is 2.65 bits per heavy atom. The van der Waals surface area contributed by atoms with Gasteiger partial charge in [0, 0.05) is 6.20 Å². The predicted molar refractivity (Wildman–Crippen MR) is 54.4 cm³/mol. The van der Waals surface area contributed by atoms with Crippen molar-refractivity contribution in [1.82, 2.24) is 4.98 Å². The van der Waals surface area contributed by atoms with Crippen LogP contribution in [0.25, 0.3) is 0 Å². The summed E-state index contributed by atoms with van der Waals surface area (Å²) in [5, 5.41) is 2.55. The molecule has 0 saturated carbocycles. The molecular weight excluding hydrogens is 237 g/mol. The number of rotatable bonds is 4. The van der Waals surface area contributed by atoms with Gasteiger partial charge in [-0.05, 0) is 19.1 Å². The van der Waals surface area contributed by atoms with E-state index in [9.17, 15) is 18.0 Å². The van der Waals surface area contributed by atoms with E-state index in [0.717, 1.165) is 12.1 Å². The number of nitrogens with one attached hydrogen (secondary N) is 1. The summed E-state index contributed by atoms with van der Waals surface area (Å²) in [6.45, 7) is 1.78. The van der Waals surface area contributed by atoms with E-state index >= 15 is 0 Å². The number of hydrogen-bond acceptors (Lipinski definition) is 4. The Bertz CT molecular complexity index is 376. The lowest BCUT2D eigenvalue weighted by atomic mass is 10.3. The Balaban J connectivity index is 2.54. The van der Waals surface area contributed by atoms with Gasteiger partial charge in [0.25, 0.3) is 0 Å². The number of carbonyl (C=O) groups excluding carboxylic acids is 1. The topological polar surface area (TPSA) is 51.2 Å². The fraction of sp³-hybridized carbons (Fsp3) is 0.400. The summed E-state index contributed by atoms with van der Waals surface area (Å²) in [7, 11) is 0. The molecule has 0 atom stereocenters. The molecule has 0 aliphatic rings. The average molecular weight is 248 g/mol. The lowest BCUT2D eigenvalue weighted by molar-refractivity contribution is -0.141. The third-order valence-electron chi connectivity index (χ3n) is 1.81. The fourth-order valence-electron chi connectivity index (χ4n) is 1.04. The van der Waals surface area contributed by atoms with Crippen LogP contribution in [0.4, 0.5) is 19.0 Å². The van der Waals surface area contributed by atoms with E-state index in [1.165, 1.54) is 0 Å². The number of pyridine rings is 1. The van der Waals surface area contributed by atoms with Crippen LogP contribution in [0.5, 0.6) is 0 Å². The zero-order valence-corrected chi connectivity index (χ0v) is 9.04. The van der Waals surface area contributed by atoms with Crippen molar-refractivity contribution in [1.29, 1.82) is 0 Å². The first-order chi connectivity index (χ1) is 7.93. The minimum absolute atomic E-state index is 0.133. The normalized spacial score (nSPS) is 11.1. The van der Waals surface area contributed by atoms with E-state index in [4.69, 9.17) is 0 Å². The average Bonchev–Trinajstić information content (AvgIpc) is 2.26. The van der Waals surface area contributed by atoms with Crippen LogP contribution in [0.3, 0.4) is 0 Å². The second kappa shape index (κ2) is 5.51. The smallest absolute Gasteiger partial charge is 0.417 e. The maximum absolute atomic E-state index is 12.2. The van der Waals surface area contributed by atoms with Gasteiger partial charge in [-0.1, -0.05) is 0 Å². The van der Waals surface area contributed by atoms with Crippen LogP contribution in [0.1, 0.15) is 12.5 Å². The van der Waals surface area contributed by atoms with Crippen LogP contribution < -0.4 is 5.32 Å². The van der Waals surface area contributed by atoms with Crippen molar-refractivity contribution >= 4 is 11.8 Å². The van der Waals surface area contributed by atoms with Gasteiger partial charge in [0.2, 0.25) is 0 Å². The molecule has 4 nitrogen and oxygen atoms in total. The lowest BCUT2D eigenvalue weighted by Crippen LogP contribution is -2.17. The summed E-state index contributed by atoms with van der Waals surface area (Å²) in [5.74, 6) is -0.305. The maximum Gasteiger partial charge on any atom is 0.417 e. The number of ether oxygens (including phenoxy) is 1. The summed E-state index contributed by atoms with van der Waals surface area (Å²) >= 11 is 0. The van der Waals surface area contributed by atoms with E-state index in [2.05, 4.69) is 15.0 Å². The van der Waals surface area contributed by atoms with Crippen molar-refractivity contribution in [2.75, 3.05) is 18.5 Å². The molecule has 0 aliphatic carbocycles. The van der Waals surface area contributed by atoms with Crippen LogP contribution in [-0.4, -0.2) is 24.1 Å². The van der Waals surface area contributed by atoms with Crippen LogP contribution >= 0.6 is 0 Å². The molecular formula is C10H11F3N2O2. The van der Waals surface area contributed by atoms with Crippen molar-refractivity contribution in [3.63, 3.8) is 0 Å². The predicted octanol–water partition coefficient (Wildman–Crippen LogP) is 2.08. The third kappa shape index (κ3) is 4.29. The van der Waals surface area contributed by atoms with E-state index in [1.807, 2.05) is 0 Å². The second-order valence-electron chi connectivity index (χ2n) is 3.09. The van der Waals surface area contributed by atoms with Crippen molar-refractivity contribution < 1.29 is 22.7 Å². The van der Waals surface area contributed by atoms with Gasteiger partial charge in [0.15, 0.2) is 0 Å². The molecule has 0 bridgehead atoms. The summed E-state index contributed by atoms with van der Waals surface area (Å²) in [5.41, 5.74) is -0.834. The fourth-order valence-corrected chi connectivity index (χ4v) is 1.04. The number of esters is 1. The Hall–Kier alpha value is -1.79. The lowest BCUT2D eigenvalue weighted by Gasteiger charge is -2.08. The molecule has 1 N–H and O–H groups in total. The van der Waals surface area contributed by atoms with E-state index in [1.54, 1.807) is 6.92 Å². The van der Waals surface area contributed by atoms with Gasteiger partial charge in [-0.25, -0.2) is 4.98 Å². The molecule has 0 saturated heterocycles.